The normalized spacial score (nSPS) is 17.1. The smallest absolute Gasteiger partial charge is 0.371 e. The maximum atomic E-state index is 12.5. The number of anilines is 1. The van der Waals surface area contributed by atoms with Crippen molar-refractivity contribution in [2.24, 2.45) is 0 Å². The lowest BCUT2D eigenvalue weighted by molar-refractivity contribution is 0.0660. The van der Waals surface area contributed by atoms with E-state index in [2.05, 4.69) is 0 Å². The summed E-state index contributed by atoms with van der Waals surface area (Å²) in [5.74, 6) is -1.67. The van der Waals surface area contributed by atoms with Gasteiger partial charge in [0.1, 0.15) is 0 Å². The summed E-state index contributed by atoms with van der Waals surface area (Å²) in [6.07, 6.45) is 0.786. The van der Waals surface area contributed by atoms with Crippen molar-refractivity contribution >= 4 is 17.6 Å². The highest BCUT2D eigenvalue weighted by Gasteiger charge is 2.32. The molecular weight excluding hydrogens is 258 g/mol. The summed E-state index contributed by atoms with van der Waals surface area (Å²) < 4.78 is 5.09. The fourth-order valence-electron chi connectivity index (χ4n) is 2.56. The lowest BCUT2D eigenvalue weighted by Gasteiger charge is -2.21. The molecule has 1 aromatic heterocycles. The summed E-state index contributed by atoms with van der Waals surface area (Å²) in [4.78, 5) is 25.0. The number of carbonyl (C=O) groups excluding carboxylic acids is 1. The Hall–Kier alpha value is -2.56. The van der Waals surface area contributed by atoms with Crippen molar-refractivity contribution in [1.29, 1.82) is 0 Å². The molecule has 0 fully saturated rings. The zero-order chi connectivity index (χ0) is 14.3. The number of para-hydroxylation sites is 1. The predicted octanol–water partition coefficient (Wildman–Crippen LogP) is 2.57. The van der Waals surface area contributed by atoms with E-state index in [1.165, 1.54) is 12.1 Å². The molecule has 2 heterocycles. The number of nitrogens with zero attached hydrogens (tertiary/aromatic N) is 1. The first kappa shape index (κ1) is 12.5. The van der Waals surface area contributed by atoms with Gasteiger partial charge in [-0.1, -0.05) is 18.2 Å². The second-order valence-electron chi connectivity index (χ2n) is 4.83. The quantitative estimate of drug-likeness (QED) is 0.911. The van der Waals surface area contributed by atoms with Gasteiger partial charge in [0.05, 0.1) is 0 Å². The highest BCUT2D eigenvalue weighted by Crippen LogP contribution is 2.33. The van der Waals surface area contributed by atoms with Crippen LogP contribution in [0.1, 0.15) is 33.6 Å². The third-order valence-corrected chi connectivity index (χ3v) is 3.45. The maximum absolute atomic E-state index is 12.5. The lowest BCUT2D eigenvalue weighted by atomic mass is 10.1. The number of hydrogen-bond acceptors (Lipinski definition) is 3. The Bertz CT molecular complexity index is 689. The van der Waals surface area contributed by atoms with Gasteiger partial charge in [-0.25, -0.2) is 4.79 Å². The van der Waals surface area contributed by atoms with Crippen LogP contribution < -0.4 is 4.90 Å². The molecule has 1 N–H and O–H groups in total. The third kappa shape index (κ3) is 1.87. The van der Waals surface area contributed by atoms with E-state index in [1.807, 2.05) is 31.2 Å². The number of amides is 1. The molecule has 1 amide bonds. The molecule has 0 aliphatic carbocycles. The van der Waals surface area contributed by atoms with Crippen molar-refractivity contribution in [3.05, 3.63) is 53.5 Å². The van der Waals surface area contributed by atoms with Crippen LogP contribution in [-0.4, -0.2) is 23.0 Å². The van der Waals surface area contributed by atoms with Gasteiger partial charge in [0.15, 0.2) is 5.76 Å². The minimum absolute atomic E-state index is 0.0262. The van der Waals surface area contributed by atoms with Crippen LogP contribution in [0.5, 0.6) is 0 Å². The number of carboxylic acids is 1. The molecule has 1 unspecified atom stereocenters. The molecule has 1 aliphatic rings. The fourth-order valence-corrected chi connectivity index (χ4v) is 2.56. The van der Waals surface area contributed by atoms with Gasteiger partial charge >= 0.3 is 5.97 Å². The fraction of sp³-hybridized carbons (Fsp3) is 0.200. The van der Waals surface area contributed by atoms with Crippen molar-refractivity contribution in [1.82, 2.24) is 0 Å². The number of benzene rings is 1. The second kappa shape index (κ2) is 4.52. The van der Waals surface area contributed by atoms with Crippen molar-refractivity contribution in [2.75, 3.05) is 4.90 Å². The number of carbonyl (C=O) groups is 2. The second-order valence-corrected chi connectivity index (χ2v) is 4.83. The first-order valence-corrected chi connectivity index (χ1v) is 6.32. The molecule has 102 valence electrons. The molecule has 1 atom stereocenters. The molecule has 20 heavy (non-hydrogen) atoms. The SMILES string of the molecule is CC1Cc2ccccc2N1C(=O)c1ccc(C(=O)O)o1. The van der Waals surface area contributed by atoms with Crippen LogP contribution in [0.4, 0.5) is 5.69 Å². The largest absolute Gasteiger partial charge is 0.475 e. The molecule has 1 aromatic carbocycles. The molecule has 0 saturated carbocycles. The van der Waals surface area contributed by atoms with Gasteiger partial charge < -0.3 is 14.4 Å². The van der Waals surface area contributed by atoms with Crippen molar-refractivity contribution < 1.29 is 19.1 Å². The number of hydrogen-bond donors (Lipinski definition) is 1. The summed E-state index contributed by atoms with van der Waals surface area (Å²) in [6, 6.07) is 10.4. The number of carboxylic acid groups (broad SMARTS) is 1. The van der Waals surface area contributed by atoms with E-state index >= 15 is 0 Å². The zero-order valence-corrected chi connectivity index (χ0v) is 10.9. The highest BCUT2D eigenvalue weighted by molar-refractivity contribution is 6.06. The first-order valence-electron chi connectivity index (χ1n) is 6.32. The Morgan fingerprint density at radius 1 is 1.20 bits per heavy atom. The highest BCUT2D eigenvalue weighted by atomic mass is 16.4. The monoisotopic (exact) mass is 271 g/mol. The first-order chi connectivity index (χ1) is 9.58. The van der Waals surface area contributed by atoms with Crippen LogP contribution in [-0.2, 0) is 6.42 Å². The van der Waals surface area contributed by atoms with Gasteiger partial charge in [0.2, 0.25) is 5.76 Å². The van der Waals surface area contributed by atoms with Gasteiger partial charge in [-0.3, -0.25) is 4.79 Å². The van der Waals surface area contributed by atoms with Crippen LogP contribution in [0.3, 0.4) is 0 Å². The average Bonchev–Trinajstić information content (AvgIpc) is 3.01. The summed E-state index contributed by atoms with van der Waals surface area (Å²) in [5.41, 5.74) is 1.97. The zero-order valence-electron chi connectivity index (χ0n) is 10.9. The summed E-state index contributed by atoms with van der Waals surface area (Å²) >= 11 is 0. The molecule has 5 heteroatoms. The number of fused-ring (bicyclic) bond motifs is 1. The minimum atomic E-state index is -1.18. The summed E-state index contributed by atoms with van der Waals surface area (Å²) in [6.45, 7) is 1.96. The number of furan rings is 1. The summed E-state index contributed by atoms with van der Waals surface area (Å²) in [7, 11) is 0. The number of aromatic carboxylic acids is 1. The van der Waals surface area contributed by atoms with Crippen LogP contribution in [0, 0.1) is 0 Å². The van der Waals surface area contributed by atoms with Gasteiger partial charge in [-0.2, -0.15) is 0 Å². The topological polar surface area (TPSA) is 70.8 Å². The van der Waals surface area contributed by atoms with Crippen LogP contribution in [0.2, 0.25) is 0 Å². The van der Waals surface area contributed by atoms with Crippen LogP contribution in [0.25, 0.3) is 0 Å². The average molecular weight is 271 g/mol. The third-order valence-electron chi connectivity index (χ3n) is 3.45. The summed E-state index contributed by atoms with van der Waals surface area (Å²) in [5, 5.41) is 8.84. The molecular formula is C15H13NO4. The minimum Gasteiger partial charge on any atom is -0.475 e. The lowest BCUT2D eigenvalue weighted by Crippen LogP contribution is -2.35. The van der Waals surface area contributed by atoms with Gasteiger partial charge in [-0.05, 0) is 37.1 Å². The Labute approximate surface area is 115 Å². The van der Waals surface area contributed by atoms with Crippen LogP contribution in [0.15, 0.2) is 40.8 Å². The van der Waals surface area contributed by atoms with Crippen molar-refractivity contribution in [2.45, 2.75) is 19.4 Å². The van der Waals surface area contributed by atoms with Crippen molar-refractivity contribution in [3.8, 4) is 0 Å². The Kier molecular flexibility index (Phi) is 2.82. The molecule has 3 rings (SSSR count). The van der Waals surface area contributed by atoms with E-state index in [9.17, 15) is 9.59 Å². The molecule has 0 spiro atoms. The van der Waals surface area contributed by atoms with E-state index in [4.69, 9.17) is 9.52 Å². The van der Waals surface area contributed by atoms with Crippen LogP contribution >= 0.6 is 0 Å². The molecule has 0 bridgehead atoms. The van der Waals surface area contributed by atoms with Gasteiger partial charge in [0, 0.05) is 11.7 Å². The van der Waals surface area contributed by atoms with E-state index in [1.54, 1.807) is 4.90 Å². The van der Waals surface area contributed by atoms with Gasteiger partial charge in [0.25, 0.3) is 5.91 Å². The standard InChI is InChI=1S/C15H13NO4/c1-9-8-10-4-2-3-5-11(10)16(9)14(17)12-6-7-13(20-12)15(18)19/h2-7,9H,8H2,1H3,(H,18,19). The van der Waals surface area contributed by atoms with E-state index < -0.39 is 5.97 Å². The van der Waals surface area contributed by atoms with E-state index in [-0.39, 0.29) is 23.5 Å². The van der Waals surface area contributed by atoms with Gasteiger partial charge in [-0.15, -0.1) is 0 Å². The van der Waals surface area contributed by atoms with Crippen molar-refractivity contribution in [3.63, 3.8) is 0 Å². The molecule has 5 nitrogen and oxygen atoms in total. The molecule has 0 radical (unpaired) electrons. The Morgan fingerprint density at radius 2 is 1.90 bits per heavy atom. The Morgan fingerprint density at radius 3 is 2.60 bits per heavy atom. The molecule has 2 aromatic rings. The molecule has 1 aliphatic heterocycles. The maximum Gasteiger partial charge on any atom is 0.371 e. The predicted molar refractivity (Wildman–Crippen MR) is 72.1 cm³/mol. The van der Waals surface area contributed by atoms with E-state index in [0.717, 1.165) is 17.7 Å². The number of rotatable bonds is 2. The molecule has 0 saturated heterocycles. The Balaban J connectivity index is 1.96. The van der Waals surface area contributed by atoms with E-state index in [0.29, 0.717) is 0 Å².